The summed E-state index contributed by atoms with van der Waals surface area (Å²) in [6.07, 6.45) is 0.0977. The monoisotopic (exact) mass is 737 g/mol. The molecule has 5 rings (SSSR count). The fraction of sp³-hybridized carbons (Fsp3) is 0.595. The normalized spacial score (nSPS) is 18.8. The van der Waals surface area contributed by atoms with Gasteiger partial charge in [0.05, 0.1) is 28.3 Å². The Morgan fingerprint density at radius 1 is 1.13 bits per heavy atom. The number of rotatable bonds is 10. The lowest BCUT2D eigenvalue weighted by Gasteiger charge is -2.39. The fourth-order valence-corrected chi connectivity index (χ4v) is 7.23. The first-order chi connectivity index (χ1) is 24.2. The summed E-state index contributed by atoms with van der Waals surface area (Å²) in [7, 11) is -0.108. The van der Waals surface area contributed by atoms with Crippen LogP contribution in [0, 0.1) is 11.3 Å². The van der Waals surface area contributed by atoms with Gasteiger partial charge in [-0.2, -0.15) is 10.4 Å². The molecule has 0 aliphatic carbocycles. The molecule has 0 radical (unpaired) electrons. The summed E-state index contributed by atoms with van der Waals surface area (Å²) < 4.78 is 40.5. The van der Waals surface area contributed by atoms with E-state index in [2.05, 4.69) is 79.1 Å². The van der Waals surface area contributed by atoms with Gasteiger partial charge < -0.3 is 19.4 Å². The minimum atomic E-state index is -2.55. The number of fused-ring (bicyclic) bond motifs is 1. The summed E-state index contributed by atoms with van der Waals surface area (Å²) in [4.78, 5) is 28.9. The largest absolute Gasteiger partial charge is 0.443 e. The number of carbonyl (C=O) groups excluding carboxylic acids is 1. The molecule has 1 N–H and O–H groups in total. The zero-order chi connectivity index (χ0) is 38.2. The maximum atomic E-state index is 13.6. The third kappa shape index (κ3) is 8.96. The number of ether oxygens (including phenoxy) is 1. The summed E-state index contributed by atoms with van der Waals surface area (Å²) in [5, 5.41) is 18.2. The van der Waals surface area contributed by atoms with Gasteiger partial charge in [0, 0.05) is 69.2 Å². The zero-order valence-corrected chi connectivity index (χ0v) is 33.2. The van der Waals surface area contributed by atoms with Crippen LogP contribution in [0.4, 0.5) is 30.9 Å². The van der Waals surface area contributed by atoms with Crippen LogP contribution in [0.15, 0.2) is 30.6 Å². The van der Waals surface area contributed by atoms with E-state index in [1.54, 1.807) is 29.4 Å². The average molecular weight is 738 g/mol. The number of benzene rings is 1. The Morgan fingerprint density at radius 2 is 1.83 bits per heavy atom. The van der Waals surface area contributed by atoms with Crippen molar-refractivity contribution in [2.45, 2.75) is 97.1 Å². The van der Waals surface area contributed by atoms with Crippen molar-refractivity contribution in [1.82, 2.24) is 29.5 Å². The molecule has 0 saturated carbocycles. The highest BCUT2D eigenvalue weighted by Crippen LogP contribution is 2.47. The van der Waals surface area contributed by atoms with Crippen LogP contribution in [0.1, 0.15) is 65.3 Å². The van der Waals surface area contributed by atoms with E-state index < -0.39 is 38.4 Å². The van der Waals surface area contributed by atoms with E-state index in [4.69, 9.17) is 14.1 Å². The van der Waals surface area contributed by atoms with E-state index in [0.29, 0.717) is 47.0 Å². The van der Waals surface area contributed by atoms with Crippen molar-refractivity contribution in [1.29, 1.82) is 5.26 Å². The summed E-state index contributed by atoms with van der Waals surface area (Å²) in [5.74, 6) is 0.257. The summed E-state index contributed by atoms with van der Waals surface area (Å²) >= 11 is 0. The molecule has 3 aromatic rings. The van der Waals surface area contributed by atoms with Crippen molar-refractivity contribution in [3.63, 3.8) is 0 Å². The fourth-order valence-electron chi connectivity index (χ4n) is 6.12. The van der Waals surface area contributed by atoms with Crippen LogP contribution in [0.25, 0.3) is 11.3 Å². The molecule has 0 bridgehead atoms. The molecule has 1 atom stereocenters. The molecule has 15 heteroatoms. The Balaban J connectivity index is 1.51. The first kappa shape index (κ1) is 39.2. The number of piperazine rings is 1. The quantitative estimate of drug-likeness (QED) is 0.218. The second-order valence-electron chi connectivity index (χ2n) is 16.8. The summed E-state index contributed by atoms with van der Waals surface area (Å²) in [5.41, 5.74) is 2.61. The SMILES string of the molecule is CN1CCN(Cc2nn(CC(F)F)cc2Nc2nccc(-c3cc(C#N)c4c(c3)[C@@](C)(CO[Si](C)(C)C(C)(C)C)CN4C(=O)OC(C)(C)C)n2)CC1. The van der Waals surface area contributed by atoms with Crippen LogP contribution in [0.2, 0.25) is 18.1 Å². The second-order valence-corrected chi connectivity index (χ2v) is 21.6. The van der Waals surface area contributed by atoms with Crippen LogP contribution in [0.5, 0.6) is 0 Å². The van der Waals surface area contributed by atoms with Gasteiger partial charge in [-0.05, 0) is 69.7 Å². The lowest BCUT2D eigenvalue weighted by atomic mass is 9.83. The molecular formula is C37H53F2N9O3Si. The van der Waals surface area contributed by atoms with Crippen LogP contribution >= 0.6 is 0 Å². The Morgan fingerprint density at radius 3 is 2.44 bits per heavy atom. The van der Waals surface area contributed by atoms with E-state index in [1.165, 1.54) is 4.68 Å². The molecule has 0 spiro atoms. The highest BCUT2D eigenvalue weighted by Gasteiger charge is 2.47. The Hall–Kier alpha value is -3.97. The first-order valence-electron chi connectivity index (χ1n) is 17.8. The number of halogens is 2. The van der Waals surface area contributed by atoms with Gasteiger partial charge in [-0.3, -0.25) is 14.5 Å². The number of nitrogens with zero attached hydrogens (tertiary/aromatic N) is 8. The second kappa shape index (κ2) is 14.8. The number of carbonyl (C=O) groups is 1. The number of hydrogen-bond donors (Lipinski definition) is 1. The number of nitrogens with one attached hydrogen (secondary N) is 1. The Kier molecular flexibility index (Phi) is 11.2. The lowest BCUT2D eigenvalue weighted by molar-refractivity contribution is 0.0575. The maximum absolute atomic E-state index is 13.6. The summed E-state index contributed by atoms with van der Waals surface area (Å²) in [6.45, 7) is 22.5. The first-order valence-corrected chi connectivity index (χ1v) is 20.7. The minimum absolute atomic E-state index is 0.0278. The van der Waals surface area contributed by atoms with Gasteiger partial charge in [0.25, 0.3) is 6.43 Å². The Bertz CT molecular complexity index is 1810. The van der Waals surface area contributed by atoms with Crippen LogP contribution in [0.3, 0.4) is 0 Å². The number of nitriles is 1. The van der Waals surface area contributed by atoms with Crippen LogP contribution in [-0.4, -0.2) is 102 Å². The van der Waals surface area contributed by atoms with E-state index >= 15 is 0 Å². The van der Waals surface area contributed by atoms with Crippen molar-refractivity contribution >= 4 is 31.7 Å². The number of aromatic nitrogens is 4. The minimum Gasteiger partial charge on any atom is -0.443 e. The molecule has 1 amide bonds. The van der Waals surface area contributed by atoms with Gasteiger partial charge in [-0.1, -0.05) is 27.7 Å². The van der Waals surface area contributed by atoms with Gasteiger partial charge in [-0.15, -0.1) is 0 Å². The molecule has 1 fully saturated rings. The topological polar surface area (TPSA) is 125 Å². The molecule has 52 heavy (non-hydrogen) atoms. The number of hydrogen-bond acceptors (Lipinski definition) is 10. The highest BCUT2D eigenvalue weighted by molar-refractivity contribution is 6.74. The highest BCUT2D eigenvalue weighted by atomic mass is 28.4. The van der Waals surface area contributed by atoms with E-state index in [-0.39, 0.29) is 17.5 Å². The lowest BCUT2D eigenvalue weighted by Crippen LogP contribution is -2.46. The smallest absolute Gasteiger partial charge is 0.414 e. The van der Waals surface area contributed by atoms with E-state index in [0.717, 1.165) is 31.7 Å². The molecule has 282 valence electrons. The van der Waals surface area contributed by atoms with E-state index in [1.807, 2.05) is 26.8 Å². The van der Waals surface area contributed by atoms with Crippen molar-refractivity contribution in [2.75, 3.05) is 56.6 Å². The third-order valence-corrected chi connectivity index (χ3v) is 14.6. The number of likely N-dealkylation sites (N-methyl/N-ethyl adjacent to an activating group) is 1. The molecule has 2 aliphatic heterocycles. The predicted molar refractivity (Wildman–Crippen MR) is 201 cm³/mol. The molecule has 2 aliphatic rings. The zero-order valence-electron chi connectivity index (χ0n) is 32.2. The molecule has 1 saturated heterocycles. The van der Waals surface area contributed by atoms with Crippen LogP contribution < -0.4 is 10.2 Å². The molecule has 4 heterocycles. The average Bonchev–Trinajstić information content (AvgIpc) is 3.56. The van der Waals surface area contributed by atoms with Gasteiger partial charge in [-0.25, -0.2) is 23.5 Å². The molecule has 0 unspecified atom stereocenters. The molecular weight excluding hydrogens is 685 g/mol. The van der Waals surface area contributed by atoms with Gasteiger partial charge in [0.1, 0.15) is 18.2 Å². The molecule has 1 aromatic carbocycles. The van der Waals surface area contributed by atoms with Crippen molar-refractivity contribution < 1.29 is 22.7 Å². The molecule has 2 aromatic heterocycles. The standard InChI is InChI=1S/C37H53F2N9O3Si/c1-35(2,3)51-34(49)48-23-37(7,24-50-52(9,10)36(4,5)6)27-18-25(17-26(19-40)32(27)48)28-11-12-41-33(42-28)43-29-21-47(22-31(38)39)44-30(29)20-46-15-13-45(8)14-16-46/h11-12,17-18,21,31H,13-16,20,22-24H2,1-10H3,(H,41,42,43)/t37-/m1/s1. The number of anilines is 3. The summed E-state index contributed by atoms with van der Waals surface area (Å²) in [6, 6.07) is 7.77. The van der Waals surface area contributed by atoms with Crippen molar-refractivity contribution in [3.05, 3.63) is 47.4 Å². The molecule has 12 nitrogen and oxygen atoms in total. The van der Waals surface area contributed by atoms with Gasteiger partial charge in [0.15, 0.2) is 8.32 Å². The van der Waals surface area contributed by atoms with E-state index in [9.17, 15) is 18.8 Å². The van der Waals surface area contributed by atoms with Crippen LogP contribution in [-0.2, 0) is 27.7 Å². The van der Waals surface area contributed by atoms with Gasteiger partial charge in [0.2, 0.25) is 5.95 Å². The van der Waals surface area contributed by atoms with Gasteiger partial charge >= 0.3 is 6.09 Å². The predicted octanol–water partition coefficient (Wildman–Crippen LogP) is 7.00. The number of alkyl halides is 2. The number of amides is 1. The Labute approximate surface area is 307 Å². The van der Waals surface area contributed by atoms with Crippen molar-refractivity contribution in [3.8, 4) is 17.3 Å². The van der Waals surface area contributed by atoms with Crippen molar-refractivity contribution in [2.24, 2.45) is 0 Å². The maximum Gasteiger partial charge on any atom is 0.414 e. The third-order valence-electron chi connectivity index (χ3n) is 10.2.